The number of carbonyl (C=O) groups excluding carboxylic acids is 2. The molecule has 2 heterocycles. The second kappa shape index (κ2) is 18.6. The minimum absolute atomic E-state index is 0.0277. The van der Waals surface area contributed by atoms with Gasteiger partial charge in [-0.1, -0.05) is 42.3 Å². The molecular weight excluding hydrogens is 639 g/mol. The monoisotopic (exact) mass is 695 g/mol. The minimum Gasteiger partial charge on any atom is -0.378 e. The molecular formula is C40H57N9O2. The van der Waals surface area contributed by atoms with Crippen LogP contribution in [-0.2, 0) is 16.6 Å². The highest BCUT2D eigenvalue weighted by molar-refractivity contribution is 5.94. The molecule has 51 heavy (non-hydrogen) atoms. The van der Waals surface area contributed by atoms with Crippen molar-refractivity contribution in [3.05, 3.63) is 75.8 Å². The van der Waals surface area contributed by atoms with E-state index in [-0.39, 0.29) is 17.5 Å². The number of nitrogens with zero attached hydrogens (tertiary/aromatic N) is 7. The van der Waals surface area contributed by atoms with Crippen LogP contribution in [0.25, 0.3) is 0 Å². The number of likely N-dealkylation sites (tertiary alicyclic amines) is 1. The molecule has 3 aliphatic rings. The van der Waals surface area contributed by atoms with E-state index in [0.29, 0.717) is 24.4 Å². The SMILES string of the molecule is C#CC.C=C(/C(C)=C/C1=C(C)C(CC2(NCC=O)CCCC2)(c2nn[nH]n2)c2ccc(C(=O)N(C)C)cc2CC1)N(C)C.CN1CCCC1C#N. The molecule has 0 radical (unpaired) electrons. The second-order valence-corrected chi connectivity index (χ2v) is 14.3. The number of benzene rings is 1. The Hall–Kier alpha value is -4.58. The predicted molar refractivity (Wildman–Crippen MR) is 203 cm³/mol. The molecule has 11 nitrogen and oxygen atoms in total. The molecule has 5 rings (SSSR count). The number of allylic oxidation sites excluding steroid dienone is 4. The topological polar surface area (TPSA) is 134 Å². The first-order chi connectivity index (χ1) is 24.3. The first kappa shape index (κ1) is 40.8. The first-order valence-corrected chi connectivity index (χ1v) is 17.8. The van der Waals surface area contributed by atoms with E-state index in [1.165, 1.54) is 12.0 Å². The maximum Gasteiger partial charge on any atom is 0.253 e. The number of amides is 1. The van der Waals surface area contributed by atoms with Crippen LogP contribution in [0.5, 0.6) is 0 Å². The molecule has 1 aromatic heterocycles. The number of aromatic nitrogens is 4. The number of likely N-dealkylation sites (N-methyl/N-ethyl adjacent to an activating group) is 1. The zero-order valence-electron chi connectivity index (χ0n) is 32.0. The summed E-state index contributed by atoms with van der Waals surface area (Å²) in [5.74, 6) is 2.83. The third kappa shape index (κ3) is 9.61. The lowest BCUT2D eigenvalue weighted by atomic mass is 9.64. The number of H-pyrrole nitrogens is 1. The van der Waals surface area contributed by atoms with E-state index in [1.54, 1.807) is 25.9 Å². The van der Waals surface area contributed by atoms with Crippen LogP contribution in [0.4, 0.5) is 0 Å². The molecule has 1 aromatic carbocycles. The van der Waals surface area contributed by atoms with Gasteiger partial charge in [0, 0.05) is 45.0 Å². The van der Waals surface area contributed by atoms with Crippen molar-refractivity contribution in [3.63, 3.8) is 0 Å². The van der Waals surface area contributed by atoms with Crippen molar-refractivity contribution < 1.29 is 9.59 Å². The Bertz CT molecular complexity index is 1650. The lowest BCUT2D eigenvalue weighted by molar-refractivity contribution is -0.107. The number of nitriles is 1. The van der Waals surface area contributed by atoms with Gasteiger partial charge in [-0.2, -0.15) is 10.5 Å². The summed E-state index contributed by atoms with van der Waals surface area (Å²) in [6, 6.07) is 8.49. The van der Waals surface area contributed by atoms with Gasteiger partial charge in [0.25, 0.3) is 5.91 Å². The van der Waals surface area contributed by atoms with E-state index < -0.39 is 5.41 Å². The van der Waals surface area contributed by atoms with Crippen LogP contribution in [0.1, 0.15) is 99.4 Å². The van der Waals surface area contributed by atoms with Gasteiger partial charge in [-0.3, -0.25) is 9.69 Å². The molecule has 2 aliphatic carbocycles. The second-order valence-electron chi connectivity index (χ2n) is 14.3. The zero-order chi connectivity index (χ0) is 37.8. The highest BCUT2D eigenvalue weighted by atomic mass is 16.2. The maximum absolute atomic E-state index is 13.0. The van der Waals surface area contributed by atoms with Crippen LogP contribution in [0, 0.1) is 23.7 Å². The van der Waals surface area contributed by atoms with Crippen LogP contribution in [0.3, 0.4) is 0 Å². The number of terminal acetylenes is 1. The summed E-state index contributed by atoms with van der Waals surface area (Å²) < 4.78 is 0. The fourth-order valence-electron chi connectivity index (χ4n) is 7.66. The van der Waals surface area contributed by atoms with E-state index in [4.69, 9.17) is 5.26 Å². The van der Waals surface area contributed by atoms with E-state index in [9.17, 15) is 9.59 Å². The number of aryl methyl sites for hydroxylation is 1. The fraction of sp³-hybridized carbons (Fsp3) is 0.550. The van der Waals surface area contributed by atoms with Crippen LogP contribution in [0.2, 0.25) is 0 Å². The summed E-state index contributed by atoms with van der Waals surface area (Å²) in [4.78, 5) is 30.2. The molecule has 2 fully saturated rings. The zero-order valence-corrected chi connectivity index (χ0v) is 32.0. The number of hydrogen-bond acceptors (Lipinski definition) is 9. The quantitative estimate of drug-likeness (QED) is 0.195. The van der Waals surface area contributed by atoms with Gasteiger partial charge in [0.15, 0.2) is 5.82 Å². The lowest BCUT2D eigenvalue weighted by Crippen LogP contribution is -2.50. The van der Waals surface area contributed by atoms with Gasteiger partial charge in [-0.15, -0.1) is 22.5 Å². The number of hydrogen-bond donors (Lipinski definition) is 2. The molecule has 2 unspecified atom stereocenters. The molecule has 1 saturated carbocycles. The van der Waals surface area contributed by atoms with Crippen molar-refractivity contribution in [2.45, 2.75) is 95.6 Å². The van der Waals surface area contributed by atoms with Crippen LogP contribution < -0.4 is 5.32 Å². The minimum atomic E-state index is -0.718. The third-order valence-corrected chi connectivity index (χ3v) is 10.5. The van der Waals surface area contributed by atoms with Gasteiger partial charge in [0.2, 0.25) is 0 Å². The molecule has 0 spiro atoms. The van der Waals surface area contributed by atoms with Crippen LogP contribution in [-0.4, -0.2) is 107 Å². The number of aromatic amines is 1. The molecule has 1 aliphatic heterocycles. The van der Waals surface area contributed by atoms with Crippen molar-refractivity contribution in [2.24, 2.45) is 0 Å². The van der Waals surface area contributed by atoms with Gasteiger partial charge >= 0.3 is 0 Å². The molecule has 11 heteroatoms. The standard InChI is InChI=1S/C31H43N7O2.C6H10N2.C3H4/c1-21(23(3)37(4)5)18-24-10-11-25-19-26(28(40)38(6)7)12-13-27(25)31(22(24)2,29-33-35-36-34-29)20-30(32-16-17-39)14-8-9-15-30;1-8-4-2-3-6(8)5-7;1-3-2/h12-13,17-19,32H,3,8-11,14-16,20H2,1-2,4-7H3,(H,33,34,35,36);6H,2-4H2,1H3;1H,2H3/b21-18+;;. The third-order valence-electron chi connectivity index (χ3n) is 10.5. The number of rotatable bonds is 10. The number of tetrazole rings is 1. The smallest absolute Gasteiger partial charge is 0.253 e. The largest absolute Gasteiger partial charge is 0.378 e. The molecule has 1 amide bonds. The van der Waals surface area contributed by atoms with E-state index >= 15 is 0 Å². The number of nitrogens with one attached hydrogen (secondary N) is 2. The predicted octanol–water partition coefficient (Wildman–Crippen LogP) is 5.21. The number of fused-ring (bicyclic) bond motifs is 1. The summed E-state index contributed by atoms with van der Waals surface area (Å²) in [6.07, 6.45) is 16.4. The molecule has 2 aromatic rings. The van der Waals surface area contributed by atoms with Gasteiger partial charge in [-0.25, -0.2) is 0 Å². The fourth-order valence-corrected chi connectivity index (χ4v) is 7.66. The Morgan fingerprint density at radius 2 is 1.88 bits per heavy atom. The highest BCUT2D eigenvalue weighted by Crippen LogP contribution is 2.51. The van der Waals surface area contributed by atoms with E-state index in [0.717, 1.165) is 85.7 Å². The summed E-state index contributed by atoms with van der Waals surface area (Å²) in [5, 5.41) is 28.0. The first-order valence-electron chi connectivity index (χ1n) is 17.8. The molecule has 2 N–H and O–H groups in total. The highest BCUT2D eigenvalue weighted by Gasteiger charge is 2.50. The summed E-state index contributed by atoms with van der Waals surface area (Å²) >= 11 is 0. The summed E-state index contributed by atoms with van der Waals surface area (Å²) in [5.41, 5.74) is 6.27. The van der Waals surface area contributed by atoms with Gasteiger partial charge < -0.3 is 19.9 Å². The Morgan fingerprint density at radius 1 is 1.20 bits per heavy atom. The number of aldehydes is 1. The van der Waals surface area contributed by atoms with Gasteiger partial charge in [0.1, 0.15) is 6.29 Å². The summed E-state index contributed by atoms with van der Waals surface area (Å²) in [6.45, 7) is 11.6. The molecule has 0 bridgehead atoms. The number of carbonyl (C=O) groups is 2. The molecule has 2 atom stereocenters. The van der Waals surface area contributed by atoms with Gasteiger partial charge in [-0.05, 0) is 114 Å². The van der Waals surface area contributed by atoms with Gasteiger partial charge in [0.05, 0.1) is 24.1 Å². The Balaban J connectivity index is 0.000000548. The van der Waals surface area contributed by atoms with Crippen molar-refractivity contribution >= 4 is 12.2 Å². The maximum atomic E-state index is 13.0. The van der Waals surface area contributed by atoms with E-state index in [1.807, 2.05) is 38.2 Å². The average molecular weight is 696 g/mol. The van der Waals surface area contributed by atoms with Crippen LogP contribution in [0.15, 0.2) is 53.3 Å². The molecule has 274 valence electrons. The molecule has 1 saturated heterocycles. The Kier molecular flexibility index (Phi) is 14.9. The van der Waals surface area contributed by atoms with Crippen molar-refractivity contribution in [1.29, 1.82) is 5.26 Å². The lowest BCUT2D eigenvalue weighted by Gasteiger charge is -2.42. The van der Waals surface area contributed by atoms with E-state index in [2.05, 4.69) is 81.8 Å². The van der Waals surface area contributed by atoms with Crippen molar-refractivity contribution in [3.8, 4) is 18.4 Å². The average Bonchev–Trinajstić information content (AvgIpc) is 3.90. The summed E-state index contributed by atoms with van der Waals surface area (Å²) in [7, 11) is 9.55. The van der Waals surface area contributed by atoms with Crippen molar-refractivity contribution in [1.82, 2.24) is 40.6 Å². The Morgan fingerprint density at radius 3 is 2.39 bits per heavy atom. The van der Waals surface area contributed by atoms with Crippen LogP contribution >= 0.6 is 0 Å². The van der Waals surface area contributed by atoms with Crippen molar-refractivity contribution in [2.75, 3.05) is 48.3 Å². The Labute approximate surface area is 305 Å². The normalized spacial score (nSPS) is 21.1.